The summed E-state index contributed by atoms with van der Waals surface area (Å²) in [6, 6.07) is 8.65. The molecule has 0 aromatic heterocycles. The Morgan fingerprint density at radius 1 is 1.29 bits per heavy atom. The molecule has 1 heterocycles. The number of hydrogen-bond donors (Lipinski definition) is 2. The highest BCUT2D eigenvalue weighted by Crippen LogP contribution is 2.09. The van der Waals surface area contributed by atoms with Gasteiger partial charge in [-0.05, 0) is 5.56 Å². The fourth-order valence-electron chi connectivity index (χ4n) is 1.83. The smallest absolute Gasteiger partial charge is 0.248 e. The minimum Gasteiger partial charge on any atom is -0.394 e. The zero-order chi connectivity index (χ0) is 12.3. The standard InChI is InChI=1S/C12H14N2O3/c15-8-10-12(17)14(7-11(16)13-10)6-9-4-2-1-3-5-9/h1-5,10,15H,6-8H2,(H,13,16)/t10-/m0/s1. The van der Waals surface area contributed by atoms with Gasteiger partial charge in [0.2, 0.25) is 11.8 Å². The van der Waals surface area contributed by atoms with Gasteiger partial charge >= 0.3 is 0 Å². The van der Waals surface area contributed by atoms with E-state index in [0.29, 0.717) is 6.54 Å². The monoisotopic (exact) mass is 234 g/mol. The third-order valence-corrected chi connectivity index (χ3v) is 2.68. The molecule has 17 heavy (non-hydrogen) atoms. The molecule has 1 atom stereocenters. The van der Waals surface area contributed by atoms with Crippen molar-refractivity contribution >= 4 is 11.8 Å². The number of aliphatic hydroxyl groups excluding tert-OH is 1. The topological polar surface area (TPSA) is 69.6 Å². The maximum Gasteiger partial charge on any atom is 0.248 e. The lowest BCUT2D eigenvalue weighted by Crippen LogP contribution is -2.58. The Hall–Kier alpha value is -1.88. The van der Waals surface area contributed by atoms with Crippen LogP contribution in [0.1, 0.15) is 5.56 Å². The number of nitrogens with one attached hydrogen (secondary N) is 1. The van der Waals surface area contributed by atoms with E-state index in [0.717, 1.165) is 5.56 Å². The number of amides is 2. The van der Waals surface area contributed by atoms with Crippen LogP contribution in [-0.4, -0.2) is 41.0 Å². The number of piperazine rings is 1. The third-order valence-electron chi connectivity index (χ3n) is 2.68. The maximum absolute atomic E-state index is 11.9. The fourth-order valence-corrected chi connectivity index (χ4v) is 1.83. The number of carbonyl (C=O) groups excluding carboxylic acids is 2. The van der Waals surface area contributed by atoms with E-state index in [4.69, 9.17) is 5.11 Å². The summed E-state index contributed by atoms with van der Waals surface area (Å²) in [4.78, 5) is 24.7. The summed E-state index contributed by atoms with van der Waals surface area (Å²) in [7, 11) is 0. The molecule has 0 bridgehead atoms. The first-order chi connectivity index (χ1) is 8.20. The predicted molar refractivity (Wildman–Crippen MR) is 60.9 cm³/mol. The second kappa shape index (κ2) is 4.97. The molecule has 0 radical (unpaired) electrons. The van der Waals surface area contributed by atoms with E-state index in [1.54, 1.807) is 0 Å². The Balaban J connectivity index is 2.09. The Morgan fingerprint density at radius 2 is 2.00 bits per heavy atom. The molecule has 90 valence electrons. The summed E-state index contributed by atoms with van der Waals surface area (Å²) in [5.41, 5.74) is 0.965. The Morgan fingerprint density at radius 3 is 2.65 bits per heavy atom. The van der Waals surface area contributed by atoms with E-state index in [2.05, 4.69) is 5.32 Å². The number of carbonyl (C=O) groups is 2. The van der Waals surface area contributed by atoms with Crippen LogP contribution in [0.4, 0.5) is 0 Å². The van der Waals surface area contributed by atoms with Gasteiger partial charge in [0.15, 0.2) is 0 Å². The van der Waals surface area contributed by atoms with Crippen LogP contribution in [0.25, 0.3) is 0 Å². The van der Waals surface area contributed by atoms with Crippen LogP contribution in [0.5, 0.6) is 0 Å². The number of benzene rings is 1. The van der Waals surface area contributed by atoms with E-state index in [9.17, 15) is 9.59 Å². The number of aliphatic hydroxyl groups is 1. The molecule has 0 aliphatic carbocycles. The predicted octanol–water partition coefficient (Wildman–Crippen LogP) is -0.494. The second-order valence-electron chi connectivity index (χ2n) is 3.98. The van der Waals surface area contributed by atoms with Crippen molar-refractivity contribution in [2.45, 2.75) is 12.6 Å². The molecule has 1 aliphatic rings. The van der Waals surface area contributed by atoms with E-state index in [1.165, 1.54) is 4.90 Å². The van der Waals surface area contributed by atoms with E-state index in [1.807, 2.05) is 30.3 Å². The van der Waals surface area contributed by atoms with Gasteiger partial charge in [-0.2, -0.15) is 0 Å². The molecule has 2 amide bonds. The summed E-state index contributed by atoms with van der Waals surface area (Å²) in [6.07, 6.45) is 0. The number of rotatable bonds is 3. The summed E-state index contributed by atoms with van der Waals surface area (Å²) in [5, 5.41) is 11.5. The van der Waals surface area contributed by atoms with Crippen molar-refractivity contribution in [2.24, 2.45) is 0 Å². The Kier molecular flexibility index (Phi) is 3.39. The van der Waals surface area contributed by atoms with Gasteiger partial charge in [0.1, 0.15) is 6.04 Å². The first kappa shape index (κ1) is 11.6. The van der Waals surface area contributed by atoms with Crippen LogP contribution in [0.15, 0.2) is 30.3 Å². The highest BCUT2D eigenvalue weighted by Gasteiger charge is 2.31. The summed E-state index contributed by atoms with van der Waals surface area (Å²) in [5.74, 6) is -0.476. The van der Waals surface area contributed by atoms with Gasteiger partial charge < -0.3 is 15.3 Å². The molecule has 2 rings (SSSR count). The summed E-state index contributed by atoms with van der Waals surface area (Å²) in [6.45, 7) is 0.0731. The summed E-state index contributed by atoms with van der Waals surface area (Å²) >= 11 is 0. The van der Waals surface area contributed by atoms with Crippen molar-refractivity contribution in [2.75, 3.05) is 13.2 Å². The van der Waals surface area contributed by atoms with E-state index in [-0.39, 0.29) is 25.0 Å². The van der Waals surface area contributed by atoms with Gasteiger partial charge in [0.25, 0.3) is 0 Å². The van der Waals surface area contributed by atoms with Gasteiger partial charge in [-0.15, -0.1) is 0 Å². The molecule has 1 fully saturated rings. The van der Waals surface area contributed by atoms with Crippen LogP contribution in [0, 0.1) is 0 Å². The van der Waals surface area contributed by atoms with Crippen LogP contribution in [-0.2, 0) is 16.1 Å². The molecule has 1 aliphatic heterocycles. The van der Waals surface area contributed by atoms with Crippen molar-refractivity contribution in [1.29, 1.82) is 0 Å². The SMILES string of the molecule is O=C1CN(Cc2ccccc2)C(=O)[C@H](CO)N1. The average Bonchev–Trinajstić information content (AvgIpc) is 2.34. The lowest BCUT2D eigenvalue weighted by Gasteiger charge is -2.31. The zero-order valence-electron chi connectivity index (χ0n) is 9.30. The molecular weight excluding hydrogens is 220 g/mol. The van der Waals surface area contributed by atoms with Crippen molar-refractivity contribution < 1.29 is 14.7 Å². The van der Waals surface area contributed by atoms with E-state index < -0.39 is 6.04 Å². The van der Waals surface area contributed by atoms with Gasteiger partial charge in [0, 0.05) is 6.54 Å². The molecule has 5 heteroatoms. The quantitative estimate of drug-likeness (QED) is 0.741. The zero-order valence-corrected chi connectivity index (χ0v) is 9.30. The first-order valence-corrected chi connectivity index (χ1v) is 5.43. The van der Waals surface area contributed by atoms with Crippen LogP contribution in [0.2, 0.25) is 0 Å². The maximum atomic E-state index is 11.9. The van der Waals surface area contributed by atoms with Gasteiger partial charge in [-0.1, -0.05) is 30.3 Å². The van der Waals surface area contributed by atoms with Crippen LogP contribution >= 0.6 is 0 Å². The first-order valence-electron chi connectivity index (χ1n) is 5.43. The third kappa shape index (κ3) is 2.62. The highest BCUT2D eigenvalue weighted by molar-refractivity contribution is 5.94. The molecule has 1 aromatic carbocycles. The molecule has 2 N–H and O–H groups in total. The lowest BCUT2D eigenvalue weighted by atomic mass is 10.1. The van der Waals surface area contributed by atoms with E-state index >= 15 is 0 Å². The molecule has 1 saturated heterocycles. The molecule has 1 aromatic rings. The minimum absolute atomic E-state index is 0.0459. The summed E-state index contributed by atoms with van der Waals surface area (Å²) < 4.78 is 0. The molecule has 0 spiro atoms. The fraction of sp³-hybridized carbons (Fsp3) is 0.333. The van der Waals surface area contributed by atoms with Crippen molar-refractivity contribution in [1.82, 2.24) is 10.2 Å². The van der Waals surface area contributed by atoms with Crippen molar-refractivity contribution in [3.05, 3.63) is 35.9 Å². The van der Waals surface area contributed by atoms with Gasteiger partial charge in [0.05, 0.1) is 13.2 Å². The van der Waals surface area contributed by atoms with Gasteiger partial charge in [-0.25, -0.2) is 0 Å². The molecule has 0 saturated carbocycles. The van der Waals surface area contributed by atoms with Crippen LogP contribution in [0.3, 0.4) is 0 Å². The van der Waals surface area contributed by atoms with Crippen LogP contribution < -0.4 is 5.32 Å². The average molecular weight is 234 g/mol. The highest BCUT2D eigenvalue weighted by atomic mass is 16.3. The number of nitrogens with zero attached hydrogens (tertiary/aromatic N) is 1. The molecule has 0 unspecified atom stereocenters. The largest absolute Gasteiger partial charge is 0.394 e. The molecular formula is C12H14N2O3. The molecule has 5 nitrogen and oxygen atoms in total. The minimum atomic E-state index is -0.806. The number of hydrogen-bond acceptors (Lipinski definition) is 3. The van der Waals surface area contributed by atoms with Crippen molar-refractivity contribution in [3.63, 3.8) is 0 Å². The Labute approximate surface area is 99.0 Å². The van der Waals surface area contributed by atoms with Gasteiger partial charge in [-0.3, -0.25) is 9.59 Å². The normalized spacial score (nSPS) is 20.3. The lowest BCUT2D eigenvalue weighted by molar-refractivity contribution is -0.145. The Bertz CT molecular complexity index is 419. The van der Waals surface area contributed by atoms with Crippen molar-refractivity contribution in [3.8, 4) is 0 Å². The second-order valence-corrected chi connectivity index (χ2v) is 3.98.